The smallest absolute Gasteiger partial charge is 0.308 e. The maximum absolute atomic E-state index is 11.7. The van der Waals surface area contributed by atoms with E-state index in [4.69, 9.17) is 14.2 Å². The third kappa shape index (κ3) is 9.84. The van der Waals surface area contributed by atoms with E-state index < -0.39 is 5.60 Å². The summed E-state index contributed by atoms with van der Waals surface area (Å²) in [7, 11) is 0. The van der Waals surface area contributed by atoms with Crippen LogP contribution in [0.1, 0.15) is 52.9 Å². The van der Waals surface area contributed by atoms with E-state index in [1.807, 2.05) is 44.2 Å². The van der Waals surface area contributed by atoms with Gasteiger partial charge < -0.3 is 19.3 Å². The molecular weight excluding hydrogens is 404 g/mol. The van der Waals surface area contributed by atoms with Gasteiger partial charge in [-0.15, -0.1) is 0 Å². The highest BCUT2D eigenvalue weighted by Crippen LogP contribution is 2.22. The Labute approximate surface area is 192 Å². The lowest BCUT2D eigenvalue weighted by molar-refractivity contribution is -0.158. The lowest BCUT2D eigenvalue weighted by Crippen LogP contribution is -2.38. The van der Waals surface area contributed by atoms with Gasteiger partial charge in [0.05, 0.1) is 19.1 Å². The Morgan fingerprint density at radius 1 is 0.906 bits per heavy atom. The summed E-state index contributed by atoms with van der Waals surface area (Å²) >= 11 is 0. The summed E-state index contributed by atoms with van der Waals surface area (Å²) in [6, 6.07) is 18.5. The van der Waals surface area contributed by atoms with Gasteiger partial charge in [0, 0.05) is 6.61 Å². The van der Waals surface area contributed by atoms with Gasteiger partial charge in [0.2, 0.25) is 0 Å². The van der Waals surface area contributed by atoms with Gasteiger partial charge in [0.15, 0.2) is 0 Å². The highest BCUT2D eigenvalue weighted by atomic mass is 16.6. The molecule has 2 unspecified atom stereocenters. The molecule has 0 aliphatic carbocycles. The second-order valence-electron chi connectivity index (χ2n) is 8.62. The Morgan fingerprint density at radius 2 is 1.53 bits per heavy atom. The van der Waals surface area contributed by atoms with Gasteiger partial charge in [0.1, 0.15) is 18.0 Å². The molecule has 2 aromatic carbocycles. The molecule has 0 radical (unpaired) electrons. The van der Waals surface area contributed by atoms with Gasteiger partial charge in [-0.05, 0) is 55.9 Å². The third-order valence-corrected chi connectivity index (χ3v) is 5.37. The first-order chi connectivity index (χ1) is 15.4. The van der Waals surface area contributed by atoms with Crippen molar-refractivity contribution in [3.63, 3.8) is 0 Å². The van der Waals surface area contributed by atoms with Crippen LogP contribution in [0, 0.1) is 5.92 Å². The zero-order valence-corrected chi connectivity index (χ0v) is 19.7. The molecule has 0 fully saturated rings. The van der Waals surface area contributed by atoms with Crippen molar-refractivity contribution in [1.29, 1.82) is 0 Å². The topological polar surface area (TPSA) is 65.0 Å². The minimum atomic E-state index is -1.16. The van der Waals surface area contributed by atoms with Crippen LogP contribution >= 0.6 is 0 Å². The lowest BCUT2D eigenvalue weighted by atomic mass is 10.1. The molecule has 176 valence electrons. The van der Waals surface area contributed by atoms with Gasteiger partial charge in [-0.2, -0.15) is 0 Å². The second kappa shape index (κ2) is 13.9. The molecule has 2 atom stereocenters. The van der Waals surface area contributed by atoms with Crippen molar-refractivity contribution < 1.29 is 24.1 Å². The Hall–Kier alpha value is -2.37. The molecule has 0 saturated carbocycles. The van der Waals surface area contributed by atoms with Gasteiger partial charge in [-0.3, -0.25) is 4.79 Å². The van der Waals surface area contributed by atoms with E-state index in [0.29, 0.717) is 13.2 Å². The number of esters is 1. The molecule has 0 saturated heterocycles. The number of unbranched alkanes of at least 4 members (excludes halogenated alkanes) is 3. The summed E-state index contributed by atoms with van der Waals surface area (Å²) in [5.41, 5.74) is 1.23. The zero-order valence-electron chi connectivity index (χ0n) is 19.7. The maximum Gasteiger partial charge on any atom is 0.308 e. The molecule has 0 aliphatic rings. The monoisotopic (exact) mass is 442 g/mol. The summed E-state index contributed by atoms with van der Waals surface area (Å²) in [6.07, 6.45) is 4.75. The van der Waals surface area contributed by atoms with E-state index in [-0.39, 0.29) is 25.1 Å². The number of rotatable bonds is 15. The summed E-state index contributed by atoms with van der Waals surface area (Å²) in [5, 5.41) is 10.3. The zero-order chi connectivity index (χ0) is 23.2. The number of hydrogen-bond acceptors (Lipinski definition) is 5. The van der Waals surface area contributed by atoms with Crippen LogP contribution in [0.4, 0.5) is 0 Å². The van der Waals surface area contributed by atoms with Crippen LogP contribution < -0.4 is 4.74 Å². The molecule has 0 spiro atoms. The molecule has 1 N–H and O–H groups in total. The SMILES string of the molecule is CCC(C)C(=O)OCC(C)(O)COCCCCCCOc1ccc(-c2ccccc2)cc1. The molecule has 0 aliphatic heterocycles. The molecular formula is C27H38O5. The Balaban J connectivity index is 1.49. The van der Waals surface area contributed by atoms with Crippen LogP contribution in [0.5, 0.6) is 5.75 Å². The van der Waals surface area contributed by atoms with E-state index in [0.717, 1.165) is 37.9 Å². The van der Waals surface area contributed by atoms with Crippen molar-refractivity contribution in [2.24, 2.45) is 5.92 Å². The van der Waals surface area contributed by atoms with Gasteiger partial charge in [0.25, 0.3) is 0 Å². The van der Waals surface area contributed by atoms with E-state index >= 15 is 0 Å². The fourth-order valence-corrected chi connectivity index (χ4v) is 3.09. The molecule has 0 amide bonds. The van der Waals surface area contributed by atoms with Crippen LogP contribution in [0.2, 0.25) is 0 Å². The van der Waals surface area contributed by atoms with E-state index in [2.05, 4.69) is 24.3 Å². The van der Waals surface area contributed by atoms with Gasteiger partial charge >= 0.3 is 5.97 Å². The fourth-order valence-electron chi connectivity index (χ4n) is 3.09. The molecule has 0 bridgehead atoms. The molecule has 5 heteroatoms. The standard InChI is InChI=1S/C27H38O5/c1-4-22(2)26(28)32-21-27(3,29)20-30-18-10-5-6-11-19-31-25-16-14-24(15-17-25)23-12-8-7-9-13-23/h7-9,12-17,22,29H,4-6,10-11,18-21H2,1-3H3. The predicted octanol–water partition coefficient (Wildman–Crippen LogP) is 5.65. The molecule has 5 nitrogen and oxygen atoms in total. The van der Waals surface area contributed by atoms with Crippen LogP contribution in [0.15, 0.2) is 54.6 Å². The highest BCUT2D eigenvalue weighted by molar-refractivity contribution is 5.71. The first-order valence-corrected chi connectivity index (χ1v) is 11.7. The van der Waals surface area contributed by atoms with Crippen molar-refractivity contribution in [3.8, 4) is 16.9 Å². The number of ether oxygens (including phenoxy) is 3. The van der Waals surface area contributed by atoms with Gasteiger partial charge in [-0.25, -0.2) is 0 Å². The van der Waals surface area contributed by atoms with Crippen LogP contribution in [0.3, 0.4) is 0 Å². The van der Waals surface area contributed by atoms with E-state index in [1.165, 1.54) is 11.1 Å². The van der Waals surface area contributed by atoms with Crippen LogP contribution in [-0.2, 0) is 14.3 Å². The molecule has 2 aromatic rings. The Bertz CT molecular complexity index is 770. The quantitative estimate of drug-likeness (QED) is 0.285. The van der Waals surface area contributed by atoms with E-state index in [9.17, 15) is 9.90 Å². The highest BCUT2D eigenvalue weighted by Gasteiger charge is 2.24. The van der Waals surface area contributed by atoms with E-state index in [1.54, 1.807) is 6.92 Å². The van der Waals surface area contributed by atoms with Gasteiger partial charge in [-0.1, -0.05) is 62.7 Å². The summed E-state index contributed by atoms with van der Waals surface area (Å²) < 4.78 is 16.6. The number of hydrogen-bond donors (Lipinski definition) is 1. The summed E-state index contributed by atoms with van der Waals surface area (Å²) in [5.74, 6) is 0.468. The molecule has 32 heavy (non-hydrogen) atoms. The molecule has 0 aromatic heterocycles. The first-order valence-electron chi connectivity index (χ1n) is 11.7. The summed E-state index contributed by atoms with van der Waals surface area (Å²) in [4.78, 5) is 11.7. The van der Waals surface area contributed by atoms with Crippen LogP contribution in [0.25, 0.3) is 11.1 Å². The number of aliphatic hydroxyl groups is 1. The van der Waals surface area contributed by atoms with Crippen molar-refractivity contribution in [3.05, 3.63) is 54.6 Å². The number of carbonyl (C=O) groups is 1. The number of carbonyl (C=O) groups excluding carboxylic acids is 1. The molecule has 0 heterocycles. The summed E-state index contributed by atoms with van der Waals surface area (Å²) in [6.45, 7) is 6.77. The Morgan fingerprint density at radius 3 is 2.19 bits per heavy atom. The Kier molecular flexibility index (Phi) is 11.3. The fraction of sp³-hybridized carbons (Fsp3) is 0.519. The first kappa shape index (κ1) is 25.9. The minimum absolute atomic E-state index is 0.0418. The van der Waals surface area contributed by atoms with Crippen molar-refractivity contribution in [2.45, 2.75) is 58.5 Å². The lowest BCUT2D eigenvalue weighted by Gasteiger charge is -2.23. The maximum atomic E-state index is 11.7. The van der Waals surface area contributed by atoms with Crippen LogP contribution in [-0.4, -0.2) is 43.1 Å². The average molecular weight is 443 g/mol. The minimum Gasteiger partial charge on any atom is -0.494 e. The normalized spacial score (nSPS) is 13.9. The second-order valence-corrected chi connectivity index (χ2v) is 8.62. The van der Waals surface area contributed by atoms with Crippen molar-refractivity contribution >= 4 is 5.97 Å². The third-order valence-electron chi connectivity index (χ3n) is 5.37. The molecule has 2 rings (SSSR count). The predicted molar refractivity (Wildman–Crippen MR) is 128 cm³/mol. The number of benzene rings is 2. The van der Waals surface area contributed by atoms with Crippen molar-refractivity contribution in [2.75, 3.05) is 26.4 Å². The largest absolute Gasteiger partial charge is 0.494 e. The van der Waals surface area contributed by atoms with Crippen molar-refractivity contribution in [1.82, 2.24) is 0 Å². The average Bonchev–Trinajstić information content (AvgIpc) is 2.82.